The highest BCUT2D eigenvalue weighted by atomic mass is 16.5. The molecule has 1 aromatic carbocycles. The topological polar surface area (TPSA) is 53.2 Å². The summed E-state index contributed by atoms with van der Waals surface area (Å²) in [5, 5.41) is 17.5. The fourth-order valence-corrected chi connectivity index (χ4v) is 1.06. The van der Waals surface area contributed by atoms with Crippen LogP contribution in [0.5, 0.6) is 5.75 Å². The number of hydrogen-bond acceptors (Lipinski definition) is 3. The van der Waals surface area contributed by atoms with Crippen LogP contribution in [0.2, 0.25) is 0 Å². The van der Waals surface area contributed by atoms with Gasteiger partial charge in [0.15, 0.2) is 0 Å². The van der Waals surface area contributed by atoms with Gasteiger partial charge in [0.1, 0.15) is 18.5 Å². The van der Waals surface area contributed by atoms with E-state index >= 15 is 0 Å². The molecule has 0 radical (unpaired) electrons. The van der Waals surface area contributed by atoms with Gasteiger partial charge in [0.2, 0.25) is 0 Å². The van der Waals surface area contributed by atoms with Gasteiger partial charge < -0.3 is 9.84 Å². The summed E-state index contributed by atoms with van der Waals surface area (Å²) in [5.41, 5.74) is 1.11. The summed E-state index contributed by atoms with van der Waals surface area (Å²) in [5.74, 6) is 0.724. The molecular formula is C11H13NO2. The van der Waals surface area contributed by atoms with Crippen molar-refractivity contribution in [3.63, 3.8) is 0 Å². The molecule has 1 aromatic rings. The number of ether oxygens (including phenoxy) is 1. The number of aliphatic hydroxyl groups excluding tert-OH is 1. The molecular weight excluding hydrogens is 178 g/mol. The lowest BCUT2D eigenvalue weighted by Crippen LogP contribution is -2.16. The van der Waals surface area contributed by atoms with E-state index in [0.29, 0.717) is 0 Å². The van der Waals surface area contributed by atoms with Gasteiger partial charge in [-0.3, -0.25) is 0 Å². The third kappa shape index (κ3) is 3.46. The number of aryl methyl sites for hydroxylation is 1. The maximum absolute atomic E-state index is 9.23. The van der Waals surface area contributed by atoms with Crippen molar-refractivity contribution in [2.45, 2.75) is 19.4 Å². The van der Waals surface area contributed by atoms with E-state index in [4.69, 9.17) is 10.00 Å². The van der Waals surface area contributed by atoms with Crippen molar-refractivity contribution in [1.82, 2.24) is 0 Å². The van der Waals surface area contributed by atoms with Crippen molar-refractivity contribution in [2.24, 2.45) is 0 Å². The first-order valence-electron chi connectivity index (χ1n) is 4.47. The molecule has 0 saturated heterocycles. The first-order chi connectivity index (χ1) is 6.72. The molecule has 0 aromatic heterocycles. The standard InChI is InChI=1S/C11H13NO2/c1-9-3-2-4-11(7-9)14-8-10(13)5-6-12/h2-4,7,10,13H,5,8H2,1H3. The summed E-state index contributed by atoms with van der Waals surface area (Å²) >= 11 is 0. The molecule has 0 amide bonds. The molecule has 3 nitrogen and oxygen atoms in total. The smallest absolute Gasteiger partial charge is 0.119 e. The van der Waals surface area contributed by atoms with Crippen LogP contribution in [0.15, 0.2) is 24.3 Å². The molecule has 1 atom stereocenters. The fourth-order valence-electron chi connectivity index (χ4n) is 1.06. The summed E-state index contributed by atoms with van der Waals surface area (Å²) in [7, 11) is 0. The Morgan fingerprint density at radius 3 is 3.00 bits per heavy atom. The zero-order valence-electron chi connectivity index (χ0n) is 8.10. The van der Waals surface area contributed by atoms with Crippen LogP contribution in [0, 0.1) is 18.3 Å². The van der Waals surface area contributed by atoms with Crippen LogP contribution in [0.4, 0.5) is 0 Å². The van der Waals surface area contributed by atoms with Crippen LogP contribution >= 0.6 is 0 Å². The predicted octanol–water partition coefficient (Wildman–Crippen LogP) is 1.65. The van der Waals surface area contributed by atoms with Gasteiger partial charge in [0.05, 0.1) is 12.5 Å². The molecule has 0 heterocycles. The summed E-state index contributed by atoms with van der Waals surface area (Å²) in [6, 6.07) is 9.46. The molecule has 0 aliphatic carbocycles. The number of rotatable bonds is 4. The molecule has 0 fully saturated rings. The number of aliphatic hydroxyl groups is 1. The molecule has 0 bridgehead atoms. The van der Waals surface area contributed by atoms with Crippen LogP contribution < -0.4 is 4.74 Å². The molecule has 1 unspecified atom stereocenters. The molecule has 0 saturated carbocycles. The second-order valence-electron chi connectivity index (χ2n) is 3.14. The van der Waals surface area contributed by atoms with E-state index < -0.39 is 6.10 Å². The van der Waals surface area contributed by atoms with Crippen molar-refractivity contribution in [1.29, 1.82) is 5.26 Å². The van der Waals surface area contributed by atoms with E-state index in [2.05, 4.69) is 0 Å². The molecule has 14 heavy (non-hydrogen) atoms. The second-order valence-corrected chi connectivity index (χ2v) is 3.14. The molecule has 1 N–H and O–H groups in total. The van der Waals surface area contributed by atoms with Crippen LogP contribution in [-0.2, 0) is 0 Å². The minimum atomic E-state index is -0.708. The zero-order valence-corrected chi connectivity index (χ0v) is 8.10. The Balaban J connectivity index is 2.42. The summed E-state index contributed by atoms with van der Waals surface area (Å²) < 4.78 is 5.30. The maximum atomic E-state index is 9.23. The van der Waals surface area contributed by atoms with E-state index in [0.717, 1.165) is 11.3 Å². The third-order valence-electron chi connectivity index (χ3n) is 1.76. The first kappa shape index (κ1) is 10.6. The Bertz CT molecular complexity index is 330. The Kier molecular flexibility index (Phi) is 3.96. The van der Waals surface area contributed by atoms with E-state index in [-0.39, 0.29) is 13.0 Å². The average Bonchev–Trinajstić information content (AvgIpc) is 2.15. The van der Waals surface area contributed by atoms with Gasteiger partial charge in [-0.15, -0.1) is 0 Å². The molecule has 1 rings (SSSR count). The van der Waals surface area contributed by atoms with Crippen LogP contribution in [0.25, 0.3) is 0 Å². The fraction of sp³-hybridized carbons (Fsp3) is 0.364. The highest BCUT2D eigenvalue weighted by molar-refractivity contribution is 5.27. The van der Waals surface area contributed by atoms with E-state index in [1.54, 1.807) is 0 Å². The van der Waals surface area contributed by atoms with Gasteiger partial charge >= 0.3 is 0 Å². The minimum Gasteiger partial charge on any atom is -0.491 e. The molecule has 0 aliphatic rings. The molecule has 0 aliphatic heterocycles. The highest BCUT2D eigenvalue weighted by Crippen LogP contribution is 2.12. The van der Waals surface area contributed by atoms with E-state index in [9.17, 15) is 5.11 Å². The average molecular weight is 191 g/mol. The highest BCUT2D eigenvalue weighted by Gasteiger charge is 2.03. The van der Waals surface area contributed by atoms with Crippen LogP contribution in [-0.4, -0.2) is 17.8 Å². The number of hydrogen-bond donors (Lipinski definition) is 1. The summed E-state index contributed by atoms with van der Waals surface area (Å²) in [6.07, 6.45) is -0.605. The lowest BCUT2D eigenvalue weighted by molar-refractivity contribution is 0.111. The largest absolute Gasteiger partial charge is 0.491 e. The maximum Gasteiger partial charge on any atom is 0.119 e. The van der Waals surface area contributed by atoms with Crippen molar-refractivity contribution in [3.05, 3.63) is 29.8 Å². The summed E-state index contributed by atoms with van der Waals surface area (Å²) in [6.45, 7) is 2.13. The number of nitrogens with zero attached hydrogens (tertiary/aromatic N) is 1. The molecule has 3 heteroatoms. The van der Waals surface area contributed by atoms with Gasteiger partial charge in [0, 0.05) is 0 Å². The normalized spacial score (nSPS) is 11.8. The van der Waals surface area contributed by atoms with Gasteiger partial charge in [0.25, 0.3) is 0 Å². The Labute approximate surface area is 83.6 Å². The minimum absolute atomic E-state index is 0.103. The molecule has 74 valence electrons. The number of nitriles is 1. The molecule has 0 spiro atoms. The Morgan fingerprint density at radius 2 is 2.36 bits per heavy atom. The SMILES string of the molecule is Cc1cccc(OCC(O)CC#N)c1. The predicted molar refractivity (Wildman–Crippen MR) is 52.9 cm³/mol. The van der Waals surface area contributed by atoms with Crippen molar-refractivity contribution >= 4 is 0 Å². The van der Waals surface area contributed by atoms with Crippen molar-refractivity contribution in [2.75, 3.05) is 6.61 Å². The monoisotopic (exact) mass is 191 g/mol. The third-order valence-corrected chi connectivity index (χ3v) is 1.76. The second kappa shape index (κ2) is 5.25. The zero-order chi connectivity index (χ0) is 10.4. The van der Waals surface area contributed by atoms with Gasteiger partial charge in [-0.2, -0.15) is 5.26 Å². The van der Waals surface area contributed by atoms with Crippen LogP contribution in [0.1, 0.15) is 12.0 Å². The summed E-state index contributed by atoms with van der Waals surface area (Å²) in [4.78, 5) is 0. The lowest BCUT2D eigenvalue weighted by Gasteiger charge is -2.09. The van der Waals surface area contributed by atoms with Crippen molar-refractivity contribution < 1.29 is 9.84 Å². The van der Waals surface area contributed by atoms with Gasteiger partial charge in [-0.05, 0) is 24.6 Å². The van der Waals surface area contributed by atoms with Crippen LogP contribution in [0.3, 0.4) is 0 Å². The Morgan fingerprint density at radius 1 is 1.57 bits per heavy atom. The Hall–Kier alpha value is -1.53. The number of benzene rings is 1. The van der Waals surface area contributed by atoms with Gasteiger partial charge in [-0.25, -0.2) is 0 Å². The van der Waals surface area contributed by atoms with Crippen molar-refractivity contribution in [3.8, 4) is 11.8 Å². The van der Waals surface area contributed by atoms with Gasteiger partial charge in [-0.1, -0.05) is 12.1 Å². The lowest BCUT2D eigenvalue weighted by atomic mass is 10.2. The quantitative estimate of drug-likeness (QED) is 0.787. The first-order valence-corrected chi connectivity index (χ1v) is 4.47. The van der Waals surface area contributed by atoms with E-state index in [1.807, 2.05) is 37.3 Å². The van der Waals surface area contributed by atoms with E-state index in [1.165, 1.54) is 0 Å².